The van der Waals surface area contributed by atoms with Crippen LogP contribution in [0.3, 0.4) is 0 Å². The topological polar surface area (TPSA) is 46.2 Å². The Bertz CT molecular complexity index is 441. The molecule has 0 radical (unpaired) electrons. The van der Waals surface area contributed by atoms with Crippen molar-refractivity contribution in [1.29, 1.82) is 0 Å². The standard InChI is InChI=1S/C13H14FNO2/c1-10(17)15-8-3-2-5-11-6-4-7-13(14)12(11)9-16/h2,4-7,9H,3,8H2,1H3,(H,15,17). The van der Waals surface area contributed by atoms with Crippen LogP contribution in [0.2, 0.25) is 0 Å². The average Bonchev–Trinajstić information content (AvgIpc) is 2.28. The summed E-state index contributed by atoms with van der Waals surface area (Å²) in [5.74, 6) is -0.609. The molecule has 0 aromatic heterocycles. The molecule has 1 N–H and O–H groups in total. The largest absolute Gasteiger partial charge is 0.356 e. The Balaban J connectivity index is 2.62. The van der Waals surface area contributed by atoms with Gasteiger partial charge in [0, 0.05) is 13.5 Å². The number of benzene rings is 1. The second-order valence-corrected chi connectivity index (χ2v) is 3.53. The Hall–Kier alpha value is -1.97. The lowest BCUT2D eigenvalue weighted by atomic mass is 10.1. The minimum Gasteiger partial charge on any atom is -0.356 e. The van der Waals surface area contributed by atoms with E-state index in [1.54, 1.807) is 24.3 Å². The van der Waals surface area contributed by atoms with Crippen molar-refractivity contribution in [1.82, 2.24) is 5.32 Å². The molecule has 0 aliphatic rings. The molecular formula is C13H14FNO2. The molecule has 0 saturated carbocycles. The molecule has 1 aromatic rings. The molecule has 0 heterocycles. The second-order valence-electron chi connectivity index (χ2n) is 3.53. The minimum atomic E-state index is -0.524. The zero-order valence-corrected chi connectivity index (χ0v) is 9.57. The quantitative estimate of drug-likeness (QED) is 0.628. The summed E-state index contributed by atoms with van der Waals surface area (Å²) in [6, 6.07) is 4.47. The van der Waals surface area contributed by atoms with Crippen molar-refractivity contribution in [2.75, 3.05) is 6.54 Å². The van der Waals surface area contributed by atoms with Gasteiger partial charge >= 0.3 is 0 Å². The van der Waals surface area contributed by atoms with Crippen LogP contribution in [0.15, 0.2) is 24.3 Å². The summed E-state index contributed by atoms with van der Waals surface area (Å²) < 4.78 is 13.2. The van der Waals surface area contributed by atoms with Crippen LogP contribution < -0.4 is 5.32 Å². The first-order chi connectivity index (χ1) is 8.15. The average molecular weight is 235 g/mol. The van der Waals surface area contributed by atoms with Gasteiger partial charge in [-0.3, -0.25) is 9.59 Å². The van der Waals surface area contributed by atoms with Crippen molar-refractivity contribution in [2.45, 2.75) is 13.3 Å². The van der Waals surface area contributed by atoms with E-state index in [4.69, 9.17) is 0 Å². The van der Waals surface area contributed by atoms with E-state index in [0.29, 0.717) is 24.8 Å². The van der Waals surface area contributed by atoms with Gasteiger partial charge in [0.05, 0.1) is 5.56 Å². The molecule has 0 fully saturated rings. The molecule has 1 aromatic carbocycles. The maximum atomic E-state index is 13.2. The van der Waals surface area contributed by atoms with E-state index < -0.39 is 5.82 Å². The smallest absolute Gasteiger partial charge is 0.216 e. The van der Waals surface area contributed by atoms with Crippen molar-refractivity contribution < 1.29 is 14.0 Å². The highest BCUT2D eigenvalue weighted by atomic mass is 19.1. The minimum absolute atomic E-state index is 0.0586. The molecule has 0 spiro atoms. The highest BCUT2D eigenvalue weighted by Crippen LogP contribution is 2.13. The molecular weight excluding hydrogens is 221 g/mol. The molecule has 1 amide bonds. The van der Waals surface area contributed by atoms with Crippen LogP contribution >= 0.6 is 0 Å². The summed E-state index contributed by atoms with van der Waals surface area (Å²) in [6.07, 6.45) is 4.60. The molecule has 0 aliphatic heterocycles. The summed E-state index contributed by atoms with van der Waals surface area (Å²) in [6.45, 7) is 1.97. The first-order valence-electron chi connectivity index (χ1n) is 5.30. The number of hydrogen-bond acceptors (Lipinski definition) is 2. The van der Waals surface area contributed by atoms with Gasteiger partial charge < -0.3 is 5.32 Å². The molecule has 4 heteroatoms. The van der Waals surface area contributed by atoms with E-state index in [1.165, 1.54) is 13.0 Å². The van der Waals surface area contributed by atoms with E-state index in [2.05, 4.69) is 5.32 Å². The van der Waals surface area contributed by atoms with Gasteiger partial charge in [0.25, 0.3) is 0 Å². The van der Waals surface area contributed by atoms with E-state index in [1.807, 2.05) is 0 Å². The Labute approximate surface area is 99.3 Å². The third-order valence-electron chi connectivity index (χ3n) is 2.19. The van der Waals surface area contributed by atoms with Crippen LogP contribution in [0.1, 0.15) is 29.3 Å². The first-order valence-corrected chi connectivity index (χ1v) is 5.30. The summed E-state index contributed by atoms with van der Waals surface area (Å²) in [5, 5.41) is 2.64. The highest BCUT2D eigenvalue weighted by Gasteiger charge is 2.03. The van der Waals surface area contributed by atoms with Crippen molar-refractivity contribution in [2.24, 2.45) is 0 Å². The summed E-state index contributed by atoms with van der Waals surface area (Å²) in [7, 11) is 0. The fraction of sp³-hybridized carbons (Fsp3) is 0.231. The molecule has 90 valence electrons. The monoisotopic (exact) mass is 235 g/mol. The van der Waals surface area contributed by atoms with Crippen LogP contribution in [-0.2, 0) is 4.79 Å². The number of aldehydes is 1. The maximum Gasteiger partial charge on any atom is 0.216 e. The van der Waals surface area contributed by atoms with Gasteiger partial charge in [-0.1, -0.05) is 24.3 Å². The summed E-state index contributed by atoms with van der Waals surface area (Å²) >= 11 is 0. The number of carbonyl (C=O) groups excluding carboxylic acids is 2. The van der Waals surface area contributed by atoms with E-state index in [9.17, 15) is 14.0 Å². The molecule has 0 bridgehead atoms. The van der Waals surface area contributed by atoms with Crippen molar-refractivity contribution in [3.8, 4) is 0 Å². The normalized spacial score (nSPS) is 10.5. The predicted molar refractivity (Wildman–Crippen MR) is 64.1 cm³/mol. The van der Waals surface area contributed by atoms with Gasteiger partial charge in [0.2, 0.25) is 5.91 Å². The van der Waals surface area contributed by atoms with E-state index in [-0.39, 0.29) is 11.5 Å². The zero-order valence-electron chi connectivity index (χ0n) is 9.57. The lowest BCUT2D eigenvalue weighted by molar-refractivity contribution is -0.118. The summed E-state index contributed by atoms with van der Waals surface area (Å²) in [4.78, 5) is 21.3. The van der Waals surface area contributed by atoms with Crippen LogP contribution in [0.25, 0.3) is 6.08 Å². The van der Waals surface area contributed by atoms with Gasteiger partial charge in [0.1, 0.15) is 5.82 Å². The number of amides is 1. The van der Waals surface area contributed by atoms with Crippen molar-refractivity contribution in [3.63, 3.8) is 0 Å². The number of nitrogens with one attached hydrogen (secondary N) is 1. The number of rotatable bonds is 5. The van der Waals surface area contributed by atoms with Crippen molar-refractivity contribution in [3.05, 3.63) is 41.2 Å². The fourth-order valence-corrected chi connectivity index (χ4v) is 1.37. The van der Waals surface area contributed by atoms with Crippen LogP contribution in [0.5, 0.6) is 0 Å². The van der Waals surface area contributed by atoms with Gasteiger partial charge in [-0.05, 0) is 18.1 Å². The lowest BCUT2D eigenvalue weighted by Crippen LogP contribution is -2.20. The lowest BCUT2D eigenvalue weighted by Gasteiger charge is -2.00. The Morgan fingerprint density at radius 2 is 2.24 bits per heavy atom. The zero-order chi connectivity index (χ0) is 12.7. The van der Waals surface area contributed by atoms with Gasteiger partial charge in [-0.25, -0.2) is 4.39 Å². The third kappa shape index (κ3) is 4.18. The van der Waals surface area contributed by atoms with Gasteiger partial charge in [-0.2, -0.15) is 0 Å². The third-order valence-corrected chi connectivity index (χ3v) is 2.19. The molecule has 0 aliphatic carbocycles. The Kier molecular flexibility index (Phi) is 5.07. The SMILES string of the molecule is CC(=O)NCCC=Cc1cccc(F)c1C=O. The molecule has 17 heavy (non-hydrogen) atoms. The molecule has 1 rings (SSSR count). The van der Waals surface area contributed by atoms with Crippen LogP contribution in [0.4, 0.5) is 4.39 Å². The van der Waals surface area contributed by atoms with Crippen LogP contribution in [0, 0.1) is 5.82 Å². The summed E-state index contributed by atoms with van der Waals surface area (Å²) in [5.41, 5.74) is 0.603. The Morgan fingerprint density at radius 3 is 2.88 bits per heavy atom. The maximum absolute atomic E-state index is 13.2. The molecule has 3 nitrogen and oxygen atoms in total. The Morgan fingerprint density at radius 1 is 1.47 bits per heavy atom. The van der Waals surface area contributed by atoms with E-state index >= 15 is 0 Å². The molecule has 0 atom stereocenters. The first kappa shape index (κ1) is 13.1. The van der Waals surface area contributed by atoms with Gasteiger partial charge in [0.15, 0.2) is 6.29 Å². The predicted octanol–water partition coefficient (Wildman–Crippen LogP) is 2.18. The second kappa shape index (κ2) is 6.58. The number of halogens is 1. The van der Waals surface area contributed by atoms with Crippen LogP contribution in [-0.4, -0.2) is 18.7 Å². The molecule has 0 saturated heterocycles. The number of hydrogen-bond donors (Lipinski definition) is 1. The van der Waals surface area contributed by atoms with Crippen molar-refractivity contribution >= 4 is 18.3 Å². The van der Waals surface area contributed by atoms with E-state index in [0.717, 1.165) is 0 Å². The highest BCUT2D eigenvalue weighted by molar-refractivity contribution is 5.82. The number of carbonyl (C=O) groups is 2. The fourth-order valence-electron chi connectivity index (χ4n) is 1.37. The molecule has 0 unspecified atom stereocenters. The van der Waals surface area contributed by atoms with Gasteiger partial charge in [-0.15, -0.1) is 0 Å².